The highest BCUT2D eigenvalue weighted by Crippen LogP contribution is 2.36. The van der Waals surface area contributed by atoms with Crippen molar-refractivity contribution >= 4 is 5.78 Å². The molecule has 1 aromatic rings. The molecule has 110 valence electrons. The van der Waals surface area contributed by atoms with Crippen molar-refractivity contribution in [1.29, 1.82) is 0 Å². The first kappa shape index (κ1) is 15.0. The molecule has 20 heavy (non-hydrogen) atoms. The molecule has 1 fully saturated rings. The van der Waals surface area contributed by atoms with Crippen LogP contribution in [-0.4, -0.2) is 26.0 Å². The van der Waals surface area contributed by atoms with Gasteiger partial charge in [0.2, 0.25) is 0 Å². The smallest absolute Gasteiger partial charge is 0.165 e. The molecular weight excluding hydrogens is 257 g/mol. The Hall–Kier alpha value is -1.42. The van der Waals surface area contributed by atoms with E-state index in [4.69, 9.17) is 4.74 Å². The van der Waals surface area contributed by atoms with Gasteiger partial charge in [0, 0.05) is 18.4 Å². The van der Waals surface area contributed by atoms with Crippen molar-refractivity contribution < 1.29 is 13.9 Å². The van der Waals surface area contributed by atoms with Gasteiger partial charge in [-0.25, -0.2) is 4.39 Å². The van der Waals surface area contributed by atoms with Gasteiger partial charge in [-0.15, -0.1) is 0 Å². The summed E-state index contributed by atoms with van der Waals surface area (Å²) in [6.45, 7) is 5.77. The van der Waals surface area contributed by atoms with E-state index in [9.17, 15) is 9.18 Å². The number of nitrogens with one attached hydrogen (secondary N) is 1. The van der Waals surface area contributed by atoms with Crippen LogP contribution in [0.5, 0.6) is 5.75 Å². The first-order valence-corrected chi connectivity index (χ1v) is 7.06. The van der Waals surface area contributed by atoms with Gasteiger partial charge in [0.1, 0.15) is 5.78 Å². The van der Waals surface area contributed by atoms with Gasteiger partial charge in [-0.3, -0.25) is 4.79 Å². The number of ketones is 1. The van der Waals surface area contributed by atoms with E-state index in [0.29, 0.717) is 5.56 Å². The molecule has 0 radical (unpaired) electrons. The molecule has 1 unspecified atom stereocenters. The molecular formula is C16H22FNO2. The maximum Gasteiger partial charge on any atom is 0.165 e. The van der Waals surface area contributed by atoms with Gasteiger partial charge in [0.05, 0.1) is 7.11 Å². The van der Waals surface area contributed by atoms with Crippen molar-refractivity contribution in [2.75, 3.05) is 20.2 Å². The Morgan fingerprint density at radius 3 is 2.75 bits per heavy atom. The van der Waals surface area contributed by atoms with E-state index < -0.39 is 5.82 Å². The van der Waals surface area contributed by atoms with Crippen LogP contribution >= 0.6 is 0 Å². The number of ether oxygens (including phenoxy) is 1. The summed E-state index contributed by atoms with van der Waals surface area (Å²) in [4.78, 5) is 12.7. The lowest BCUT2D eigenvalue weighted by molar-refractivity contribution is -0.129. The first-order chi connectivity index (χ1) is 9.49. The van der Waals surface area contributed by atoms with Crippen LogP contribution in [-0.2, 0) is 11.2 Å². The SMILES string of the molecule is COc1ccc(CC(=O)C2(C(C)C)CCNC2)cc1F. The quantitative estimate of drug-likeness (QED) is 0.900. The summed E-state index contributed by atoms with van der Waals surface area (Å²) < 4.78 is 18.6. The molecule has 0 spiro atoms. The molecule has 1 atom stereocenters. The highest BCUT2D eigenvalue weighted by molar-refractivity contribution is 5.87. The molecule has 1 N–H and O–H groups in total. The first-order valence-electron chi connectivity index (χ1n) is 7.06. The Bertz CT molecular complexity index is 493. The average Bonchev–Trinajstić information content (AvgIpc) is 2.89. The summed E-state index contributed by atoms with van der Waals surface area (Å²) in [6.07, 6.45) is 1.14. The molecule has 1 aliphatic heterocycles. The second-order valence-corrected chi connectivity index (χ2v) is 5.81. The molecule has 0 bridgehead atoms. The Balaban J connectivity index is 2.16. The van der Waals surface area contributed by atoms with Gasteiger partial charge in [-0.05, 0) is 36.6 Å². The van der Waals surface area contributed by atoms with Gasteiger partial charge in [-0.2, -0.15) is 0 Å². The number of benzene rings is 1. The van der Waals surface area contributed by atoms with Crippen LogP contribution in [0.4, 0.5) is 4.39 Å². The van der Waals surface area contributed by atoms with Crippen molar-refractivity contribution in [3.05, 3.63) is 29.6 Å². The van der Waals surface area contributed by atoms with Crippen molar-refractivity contribution in [3.63, 3.8) is 0 Å². The van der Waals surface area contributed by atoms with Crippen LogP contribution in [0, 0.1) is 17.2 Å². The molecule has 0 aromatic heterocycles. The summed E-state index contributed by atoms with van der Waals surface area (Å²) in [5.41, 5.74) is 0.399. The molecule has 0 amide bonds. The molecule has 3 nitrogen and oxygen atoms in total. The fraction of sp³-hybridized carbons (Fsp3) is 0.562. The molecule has 1 aromatic carbocycles. The van der Waals surface area contributed by atoms with Gasteiger partial charge in [0.25, 0.3) is 0 Å². The average molecular weight is 279 g/mol. The van der Waals surface area contributed by atoms with Crippen LogP contribution in [0.25, 0.3) is 0 Å². The fourth-order valence-electron chi connectivity index (χ4n) is 2.95. The number of methoxy groups -OCH3 is 1. The molecule has 0 aliphatic carbocycles. The molecule has 1 heterocycles. The van der Waals surface area contributed by atoms with Crippen LogP contribution in [0.1, 0.15) is 25.8 Å². The lowest BCUT2D eigenvalue weighted by atomic mass is 9.71. The minimum atomic E-state index is -0.416. The second-order valence-electron chi connectivity index (χ2n) is 5.81. The zero-order valence-electron chi connectivity index (χ0n) is 12.3. The van der Waals surface area contributed by atoms with E-state index in [2.05, 4.69) is 19.2 Å². The van der Waals surface area contributed by atoms with Crippen molar-refractivity contribution in [1.82, 2.24) is 5.32 Å². The Morgan fingerprint density at radius 2 is 2.25 bits per heavy atom. The number of carbonyl (C=O) groups is 1. The Kier molecular flexibility index (Phi) is 4.43. The van der Waals surface area contributed by atoms with E-state index in [-0.39, 0.29) is 29.3 Å². The minimum absolute atomic E-state index is 0.196. The van der Waals surface area contributed by atoms with Gasteiger partial charge in [0.15, 0.2) is 11.6 Å². The largest absolute Gasteiger partial charge is 0.494 e. The lowest BCUT2D eigenvalue weighted by Crippen LogP contribution is -2.39. The molecule has 4 heteroatoms. The number of halogens is 1. The Labute approximate surface area is 119 Å². The zero-order chi connectivity index (χ0) is 14.8. The van der Waals surface area contributed by atoms with Crippen LogP contribution in [0.2, 0.25) is 0 Å². The molecule has 1 aliphatic rings. The van der Waals surface area contributed by atoms with Crippen molar-refractivity contribution in [2.24, 2.45) is 11.3 Å². The minimum Gasteiger partial charge on any atom is -0.494 e. The highest BCUT2D eigenvalue weighted by atomic mass is 19.1. The molecule has 0 saturated carbocycles. The standard InChI is InChI=1S/C16H22FNO2/c1-11(2)16(6-7-18-10-16)15(19)9-12-4-5-14(20-3)13(17)8-12/h4-5,8,11,18H,6-7,9-10H2,1-3H3. The van der Waals surface area contributed by atoms with Crippen LogP contribution in [0.15, 0.2) is 18.2 Å². The highest BCUT2D eigenvalue weighted by Gasteiger charge is 2.43. The number of hydrogen-bond acceptors (Lipinski definition) is 3. The summed E-state index contributed by atoms with van der Waals surface area (Å²) in [5.74, 6) is 0.276. The maximum atomic E-state index is 13.7. The van der Waals surface area contributed by atoms with Crippen LogP contribution < -0.4 is 10.1 Å². The number of Topliss-reactive ketones (excluding diaryl/α,β-unsaturated/α-hetero) is 1. The van der Waals surface area contributed by atoms with E-state index in [1.165, 1.54) is 13.2 Å². The summed E-state index contributed by atoms with van der Waals surface area (Å²) in [5, 5.41) is 3.28. The molecule has 2 rings (SSSR count). The predicted molar refractivity (Wildman–Crippen MR) is 76.4 cm³/mol. The van der Waals surface area contributed by atoms with E-state index in [0.717, 1.165) is 19.5 Å². The van der Waals surface area contributed by atoms with E-state index >= 15 is 0 Å². The fourth-order valence-corrected chi connectivity index (χ4v) is 2.95. The normalized spacial score (nSPS) is 22.2. The summed E-state index contributed by atoms with van der Waals surface area (Å²) in [7, 11) is 1.43. The summed E-state index contributed by atoms with van der Waals surface area (Å²) in [6, 6.07) is 4.73. The maximum absolute atomic E-state index is 13.7. The van der Waals surface area contributed by atoms with Crippen LogP contribution in [0.3, 0.4) is 0 Å². The van der Waals surface area contributed by atoms with Gasteiger partial charge >= 0.3 is 0 Å². The third kappa shape index (κ3) is 2.70. The van der Waals surface area contributed by atoms with Gasteiger partial charge < -0.3 is 10.1 Å². The second kappa shape index (κ2) is 5.92. The monoisotopic (exact) mass is 279 g/mol. The van der Waals surface area contributed by atoms with E-state index in [1.807, 2.05) is 0 Å². The van der Waals surface area contributed by atoms with Gasteiger partial charge in [-0.1, -0.05) is 19.9 Å². The predicted octanol–water partition coefficient (Wildman–Crippen LogP) is 2.58. The molecule has 1 saturated heterocycles. The Morgan fingerprint density at radius 1 is 1.50 bits per heavy atom. The van der Waals surface area contributed by atoms with Crippen molar-refractivity contribution in [3.8, 4) is 5.75 Å². The number of rotatable bonds is 5. The zero-order valence-corrected chi connectivity index (χ0v) is 12.3. The topological polar surface area (TPSA) is 38.3 Å². The third-order valence-electron chi connectivity index (χ3n) is 4.43. The summed E-state index contributed by atoms with van der Waals surface area (Å²) >= 11 is 0. The van der Waals surface area contributed by atoms with Crippen molar-refractivity contribution in [2.45, 2.75) is 26.7 Å². The number of hydrogen-bond donors (Lipinski definition) is 1. The number of carbonyl (C=O) groups excluding carboxylic acids is 1. The lowest BCUT2D eigenvalue weighted by Gasteiger charge is -2.31. The third-order valence-corrected chi connectivity index (χ3v) is 4.43. The van der Waals surface area contributed by atoms with E-state index in [1.54, 1.807) is 12.1 Å².